The van der Waals surface area contributed by atoms with E-state index in [4.69, 9.17) is 4.74 Å². The number of aliphatic hydroxyl groups is 1. The molecule has 3 nitrogen and oxygen atoms in total. The molecule has 1 N–H and O–H groups in total. The summed E-state index contributed by atoms with van der Waals surface area (Å²) in [5.41, 5.74) is 1.94. The van der Waals surface area contributed by atoms with Gasteiger partial charge in [0.05, 0.1) is 12.7 Å². The van der Waals surface area contributed by atoms with Crippen molar-refractivity contribution in [2.75, 3.05) is 6.61 Å². The van der Waals surface area contributed by atoms with Gasteiger partial charge in [0, 0.05) is 10.9 Å². The van der Waals surface area contributed by atoms with Crippen molar-refractivity contribution < 1.29 is 14.6 Å². The molecule has 1 aromatic rings. The smallest absolute Gasteiger partial charge is 0.305 e. The van der Waals surface area contributed by atoms with Crippen molar-refractivity contribution in [3.05, 3.63) is 33.8 Å². The first-order valence-corrected chi connectivity index (χ1v) is 7.43. The minimum Gasteiger partial charge on any atom is -0.466 e. The molecule has 0 aromatic heterocycles. The Labute approximate surface area is 123 Å². The van der Waals surface area contributed by atoms with Crippen molar-refractivity contribution in [2.24, 2.45) is 0 Å². The molecule has 1 atom stereocenters. The second kappa shape index (κ2) is 8.33. The van der Waals surface area contributed by atoms with Crippen LogP contribution in [0.5, 0.6) is 0 Å². The van der Waals surface area contributed by atoms with E-state index in [0.717, 1.165) is 28.4 Å². The van der Waals surface area contributed by atoms with Crippen LogP contribution in [0.15, 0.2) is 22.7 Å². The van der Waals surface area contributed by atoms with Crippen molar-refractivity contribution >= 4 is 21.9 Å². The maximum atomic E-state index is 11.4. The summed E-state index contributed by atoms with van der Waals surface area (Å²) in [6, 6.07) is 5.79. The number of carbonyl (C=O) groups excluding carboxylic acids is 1. The molecule has 0 aliphatic carbocycles. The highest BCUT2D eigenvalue weighted by Crippen LogP contribution is 2.27. The molecule has 106 valence electrons. The van der Waals surface area contributed by atoms with Gasteiger partial charge in [0.1, 0.15) is 0 Å². The van der Waals surface area contributed by atoms with Crippen LogP contribution in [0.3, 0.4) is 0 Å². The zero-order valence-corrected chi connectivity index (χ0v) is 13.1. The second-order valence-corrected chi connectivity index (χ2v) is 5.51. The van der Waals surface area contributed by atoms with Gasteiger partial charge in [-0.05, 0) is 37.0 Å². The van der Waals surface area contributed by atoms with Crippen LogP contribution in [-0.2, 0) is 9.53 Å². The maximum Gasteiger partial charge on any atom is 0.305 e. The van der Waals surface area contributed by atoms with Gasteiger partial charge >= 0.3 is 5.97 Å². The molecular formula is C15H21BrO3. The number of aliphatic hydroxyl groups excluding tert-OH is 1. The van der Waals surface area contributed by atoms with Crippen molar-refractivity contribution in [3.8, 4) is 0 Å². The Morgan fingerprint density at radius 2 is 2.21 bits per heavy atom. The standard InChI is InChI=1S/C15H21BrO3/c1-3-4-9-19-15(18)8-7-14(17)12-6-5-11(2)10-13(12)16/h5-6,10,14,17H,3-4,7-9H2,1-2H3. The number of carbonyl (C=O) groups is 1. The van der Waals surface area contributed by atoms with Crippen LogP contribution >= 0.6 is 15.9 Å². The first-order valence-electron chi connectivity index (χ1n) is 6.64. The summed E-state index contributed by atoms with van der Waals surface area (Å²) >= 11 is 3.43. The van der Waals surface area contributed by atoms with Gasteiger partial charge in [0.2, 0.25) is 0 Å². The van der Waals surface area contributed by atoms with E-state index in [2.05, 4.69) is 15.9 Å². The Kier molecular flexibility index (Phi) is 7.10. The number of halogens is 1. The van der Waals surface area contributed by atoms with Gasteiger partial charge in [0.15, 0.2) is 0 Å². The van der Waals surface area contributed by atoms with Crippen LogP contribution in [0.1, 0.15) is 49.8 Å². The van der Waals surface area contributed by atoms with E-state index >= 15 is 0 Å². The molecule has 1 rings (SSSR count). The van der Waals surface area contributed by atoms with Gasteiger partial charge in [-0.1, -0.05) is 41.4 Å². The van der Waals surface area contributed by atoms with E-state index in [9.17, 15) is 9.90 Å². The molecule has 1 unspecified atom stereocenters. The monoisotopic (exact) mass is 328 g/mol. The number of rotatable bonds is 7. The maximum absolute atomic E-state index is 11.4. The van der Waals surface area contributed by atoms with Gasteiger partial charge in [-0.25, -0.2) is 0 Å². The Morgan fingerprint density at radius 3 is 2.84 bits per heavy atom. The molecule has 0 saturated carbocycles. The lowest BCUT2D eigenvalue weighted by Crippen LogP contribution is -2.08. The molecule has 0 heterocycles. The minimum atomic E-state index is -0.645. The van der Waals surface area contributed by atoms with Crippen LogP contribution < -0.4 is 0 Å². The fraction of sp³-hybridized carbons (Fsp3) is 0.533. The molecule has 0 aliphatic rings. The summed E-state index contributed by atoms with van der Waals surface area (Å²) in [5, 5.41) is 10.1. The normalized spacial score (nSPS) is 12.2. The van der Waals surface area contributed by atoms with E-state index in [0.29, 0.717) is 13.0 Å². The van der Waals surface area contributed by atoms with Gasteiger partial charge in [0.25, 0.3) is 0 Å². The summed E-state index contributed by atoms with van der Waals surface area (Å²) < 4.78 is 5.93. The predicted molar refractivity (Wildman–Crippen MR) is 78.9 cm³/mol. The average molecular weight is 329 g/mol. The SMILES string of the molecule is CCCCOC(=O)CCC(O)c1ccc(C)cc1Br. The van der Waals surface area contributed by atoms with Gasteiger partial charge < -0.3 is 9.84 Å². The highest BCUT2D eigenvalue weighted by molar-refractivity contribution is 9.10. The molecule has 0 aliphatic heterocycles. The van der Waals surface area contributed by atoms with E-state index in [1.54, 1.807) is 0 Å². The van der Waals surface area contributed by atoms with Crippen LogP contribution in [-0.4, -0.2) is 17.7 Å². The van der Waals surface area contributed by atoms with Gasteiger partial charge in [-0.2, -0.15) is 0 Å². The summed E-state index contributed by atoms with van der Waals surface area (Å²) in [6.45, 7) is 4.51. The van der Waals surface area contributed by atoms with E-state index in [1.165, 1.54) is 0 Å². The number of benzene rings is 1. The Hall–Kier alpha value is -0.870. The first-order chi connectivity index (χ1) is 9.04. The van der Waals surface area contributed by atoms with Crippen molar-refractivity contribution in [2.45, 2.75) is 45.6 Å². The Morgan fingerprint density at radius 1 is 1.47 bits per heavy atom. The quantitative estimate of drug-likeness (QED) is 0.609. The molecule has 1 aromatic carbocycles. The fourth-order valence-corrected chi connectivity index (χ4v) is 2.47. The molecule has 19 heavy (non-hydrogen) atoms. The minimum absolute atomic E-state index is 0.240. The summed E-state index contributed by atoms with van der Waals surface area (Å²) in [7, 11) is 0. The number of aryl methyl sites for hydroxylation is 1. The number of unbranched alkanes of at least 4 members (excludes halogenated alkanes) is 1. The molecule has 0 fully saturated rings. The fourth-order valence-electron chi connectivity index (χ4n) is 1.71. The summed E-state index contributed by atoms with van der Waals surface area (Å²) in [5.74, 6) is -0.240. The third-order valence-electron chi connectivity index (χ3n) is 2.90. The first kappa shape index (κ1) is 16.2. The molecule has 0 bridgehead atoms. The predicted octanol–water partition coefficient (Wildman–Crippen LogP) is 3.91. The number of hydrogen-bond acceptors (Lipinski definition) is 3. The average Bonchev–Trinajstić information content (AvgIpc) is 2.36. The zero-order chi connectivity index (χ0) is 14.3. The number of hydrogen-bond donors (Lipinski definition) is 1. The molecular weight excluding hydrogens is 308 g/mol. The summed E-state index contributed by atoms with van der Waals surface area (Å²) in [4.78, 5) is 11.4. The second-order valence-electron chi connectivity index (χ2n) is 4.65. The summed E-state index contributed by atoms with van der Waals surface area (Å²) in [6.07, 6.45) is 1.87. The lowest BCUT2D eigenvalue weighted by molar-refractivity contribution is -0.144. The van der Waals surface area contributed by atoms with Crippen molar-refractivity contribution in [1.82, 2.24) is 0 Å². The van der Waals surface area contributed by atoms with Crippen molar-refractivity contribution in [3.63, 3.8) is 0 Å². The van der Waals surface area contributed by atoms with E-state index < -0.39 is 6.10 Å². The highest BCUT2D eigenvalue weighted by Gasteiger charge is 2.13. The number of ether oxygens (including phenoxy) is 1. The molecule has 0 amide bonds. The van der Waals surface area contributed by atoms with Crippen LogP contribution in [0.4, 0.5) is 0 Å². The van der Waals surface area contributed by atoms with Crippen molar-refractivity contribution in [1.29, 1.82) is 0 Å². The number of esters is 1. The lowest BCUT2D eigenvalue weighted by atomic mass is 10.0. The molecule has 0 spiro atoms. The molecule has 0 saturated heterocycles. The van der Waals surface area contributed by atoms with Gasteiger partial charge in [-0.3, -0.25) is 4.79 Å². The van der Waals surface area contributed by atoms with Crippen LogP contribution in [0, 0.1) is 6.92 Å². The third-order valence-corrected chi connectivity index (χ3v) is 3.58. The highest BCUT2D eigenvalue weighted by atomic mass is 79.9. The third kappa shape index (κ3) is 5.74. The largest absolute Gasteiger partial charge is 0.466 e. The lowest BCUT2D eigenvalue weighted by Gasteiger charge is -2.13. The van der Waals surface area contributed by atoms with E-state index in [1.807, 2.05) is 32.0 Å². The Bertz CT molecular complexity index is 418. The van der Waals surface area contributed by atoms with Crippen LogP contribution in [0.25, 0.3) is 0 Å². The van der Waals surface area contributed by atoms with Crippen LogP contribution in [0.2, 0.25) is 0 Å². The zero-order valence-electron chi connectivity index (χ0n) is 11.5. The van der Waals surface area contributed by atoms with Gasteiger partial charge in [-0.15, -0.1) is 0 Å². The molecule has 0 radical (unpaired) electrons. The molecule has 4 heteroatoms. The van der Waals surface area contributed by atoms with E-state index in [-0.39, 0.29) is 12.4 Å². The topological polar surface area (TPSA) is 46.5 Å². The Balaban J connectivity index is 2.42.